The van der Waals surface area contributed by atoms with Gasteiger partial charge in [-0.2, -0.15) is 0 Å². The number of hydrogen-bond donors (Lipinski definition) is 2. The van der Waals surface area contributed by atoms with Crippen molar-refractivity contribution < 1.29 is 23.5 Å². The van der Waals surface area contributed by atoms with Gasteiger partial charge in [0, 0.05) is 25.1 Å². The van der Waals surface area contributed by atoms with Crippen molar-refractivity contribution in [2.24, 2.45) is 0 Å². The van der Waals surface area contributed by atoms with Crippen LogP contribution in [0.4, 0.5) is 4.39 Å². The average molecular weight is 342 g/mol. The minimum atomic E-state index is -1.15. The topological polar surface area (TPSA) is 92.4 Å². The van der Waals surface area contributed by atoms with E-state index in [2.05, 4.69) is 10.3 Å². The van der Waals surface area contributed by atoms with Gasteiger partial charge in [-0.25, -0.2) is 14.2 Å². The molecule has 3 rings (SSSR count). The molecule has 128 valence electrons. The summed E-state index contributed by atoms with van der Waals surface area (Å²) in [6, 6.07) is 7.34. The lowest BCUT2D eigenvalue weighted by atomic mass is 10.0. The molecule has 0 spiro atoms. The van der Waals surface area contributed by atoms with Crippen molar-refractivity contribution in [2.45, 2.75) is 13.3 Å². The van der Waals surface area contributed by atoms with E-state index in [4.69, 9.17) is 4.42 Å². The molecule has 1 amide bonds. The maximum absolute atomic E-state index is 14.1. The first-order valence-electron chi connectivity index (χ1n) is 7.53. The van der Waals surface area contributed by atoms with Crippen LogP contribution in [-0.4, -0.2) is 29.0 Å². The third kappa shape index (κ3) is 3.21. The number of carbonyl (C=O) groups excluding carboxylic acids is 1. The number of pyridine rings is 1. The van der Waals surface area contributed by atoms with E-state index in [9.17, 15) is 19.1 Å². The fraction of sp³-hybridized carbons (Fsp3) is 0.167. The summed E-state index contributed by atoms with van der Waals surface area (Å²) in [4.78, 5) is 26.9. The van der Waals surface area contributed by atoms with Crippen LogP contribution in [0.2, 0.25) is 0 Å². The van der Waals surface area contributed by atoms with Gasteiger partial charge in [-0.15, -0.1) is 0 Å². The van der Waals surface area contributed by atoms with E-state index in [-0.39, 0.29) is 17.7 Å². The Morgan fingerprint density at radius 1 is 1.28 bits per heavy atom. The highest BCUT2D eigenvalue weighted by molar-refractivity contribution is 5.94. The first kappa shape index (κ1) is 16.6. The Kier molecular flexibility index (Phi) is 4.22. The predicted molar refractivity (Wildman–Crippen MR) is 88.3 cm³/mol. The molecule has 1 aromatic carbocycles. The Labute approximate surface area is 142 Å². The Hall–Kier alpha value is -3.22. The number of rotatable bonds is 4. The third-order valence-electron chi connectivity index (χ3n) is 3.80. The third-order valence-corrected chi connectivity index (χ3v) is 3.80. The van der Waals surface area contributed by atoms with Crippen LogP contribution < -0.4 is 5.32 Å². The number of aryl methyl sites for hydroxylation is 1. The van der Waals surface area contributed by atoms with Gasteiger partial charge in [0.1, 0.15) is 22.8 Å². The van der Waals surface area contributed by atoms with Gasteiger partial charge in [-0.1, -0.05) is 6.07 Å². The first-order chi connectivity index (χ1) is 11.9. The van der Waals surface area contributed by atoms with Crippen molar-refractivity contribution in [2.75, 3.05) is 7.05 Å². The predicted octanol–water partition coefficient (Wildman–Crippen LogP) is 2.92. The van der Waals surface area contributed by atoms with Gasteiger partial charge < -0.3 is 14.8 Å². The minimum absolute atomic E-state index is 0.0498. The zero-order chi connectivity index (χ0) is 18.1. The highest BCUT2D eigenvalue weighted by Crippen LogP contribution is 2.25. The number of nitrogens with one attached hydrogen (secondary N) is 1. The molecule has 6 nitrogen and oxygen atoms in total. The Bertz CT molecular complexity index is 994. The number of nitrogens with zero attached hydrogens (tertiary/aromatic N) is 1. The normalized spacial score (nSPS) is 10.8. The largest absolute Gasteiger partial charge is 0.477 e. The first-order valence-corrected chi connectivity index (χ1v) is 7.53. The van der Waals surface area contributed by atoms with E-state index in [1.165, 1.54) is 25.2 Å². The Morgan fingerprint density at radius 3 is 2.68 bits per heavy atom. The quantitative estimate of drug-likeness (QED) is 0.760. The number of hydrogen-bond acceptors (Lipinski definition) is 4. The standard InChI is InChI=1S/C18H15FN2O4/c1-9-5-14-16(25-9)11(8-15(21-14)18(23)24)6-10-3-4-12(13(19)7-10)17(22)20-2/h3-5,7-8H,6H2,1-2H3,(H,20,22)(H,23,24). The lowest BCUT2D eigenvalue weighted by Crippen LogP contribution is -2.19. The van der Waals surface area contributed by atoms with Crippen molar-refractivity contribution in [1.29, 1.82) is 0 Å². The summed E-state index contributed by atoms with van der Waals surface area (Å²) < 4.78 is 19.7. The summed E-state index contributed by atoms with van der Waals surface area (Å²) in [7, 11) is 1.43. The molecule has 0 unspecified atom stereocenters. The van der Waals surface area contributed by atoms with E-state index in [1.54, 1.807) is 19.1 Å². The van der Waals surface area contributed by atoms with Crippen molar-refractivity contribution in [3.05, 3.63) is 64.3 Å². The Morgan fingerprint density at radius 2 is 2.04 bits per heavy atom. The molecule has 2 heterocycles. The number of aromatic carboxylic acids is 1. The van der Waals surface area contributed by atoms with Gasteiger partial charge >= 0.3 is 5.97 Å². The molecule has 0 aliphatic rings. The number of amides is 1. The number of fused-ring (bicyclic) bond motifs is 1. The van der Waals surface area contributed by atoms with Crippen molar-refractivity contribution in [1.82, 2.24) is 10.3 Å². The van der Waals surface area contributed by atoms with Gasteiger partial charge in [0.2, 0.25) is 0 Å². The summed E-state index contributed by atoms with van der Waals surface area (Å²) in [5.74, 6) is -1.70. The molecule has 0 atom stereocenters. The van der Waals surface area contributed by atoms with Crippen LogP contribution in [0.25, 0.3) is 11.1 Å². The number of carboxylic acids is 1. The summed E-state index contributed by atoms with van der Waals surface area (Å²) in [5.41, 5.74) is 1.93. The van der Waals surface area contributed by atoms with Crippen LogP contribution in [0.3, 0.4) is 0 Å². The summed E-state index contributed by atoms with van der Waals surface area (Å²) in [6.45, 7) is 1.74. The number of furan rings is 1. The molecule has 0 aliphatic carbocycles. The molecule has 0 fully saturated rings. The molecule has 25 heavy (non-hydrogen) atoms. The fourth-order valence-electron chi connectivity index (χ4n) is 2.65. The summed E-state index contributed by atoms with van der Waals surface area (Å²) >= 11 is 0. The van der Waals surface area contributed by atoms with Crippen LogP contribution in [-0.2, 0) is 6.42 Å². The number of carbonyl (C=O) groups is 2. The molecule has 0 bridgehead atoms. The molecule has 2 aromatic heterocycles. The van der Waals surface area contributed by atoms with Gasteiger partial charge in [0.15, 0.2) is 5.58 Å². The van der Waals surface area contributed by atoms with Gasteiger partial charge in [0.25, 0.3) is 5.91 Å². The second kappa shape index (κ2) is 6.35. The molecule has 0 aliphatic heterocycles. The van der Waals surface area contributed by atoms with Crippen LogP contribution in [0.1, 0.15) is 37.7 Å². The summed E-state index contributed by atoms with van der Waals surface area (Å²) in [6.07, 6.45) is 0.247. The molecule has 0 radical (unpaired) electrons. The minimum Gasteiger partial charge on any atom is -0.477 e. The highest BCUT2D eigenvalue weighted by atomic mass is 19.1. The van der Waals surface area contributed by atoms with E-state index in [1.807, 2.05) is 0 Å². The molecular formula is C18H15FN2O4. The van der Waals surface area contributed by atoms with E-state index in [0.717, 1.165) is 0 Å². The molecule has 0 saturated heterocycles. The second-order valence-corrected chi connectivity index (χ2v) is 5.61. The lowest BCUT2D eigenvalue weighted by Gasteiger charge is -2.07. The van der Waals surface area contributed by atoms with E-state index < -0.39 is 17.7 Å². The number of carboxylic acid groups (broad SMARTS) is 1. The monoisotopic (exact) mass is 342 g/mol. The highest BCUT2D eigenvalue weighted by Gasteiger charge is 2.16. The zero-order valence-electron chi connectivity index (χ0n) is 13.6. The molecular weight excluding hydrogens is 327 g/mol. The Balaban J connectivity index is 2.04. The van der Waals surface area contributed by atoms with E-state index in [0.29, 0.717) is 28.0 Å². The van der Waals surface area contributed by atoms with Crippen molar-refractivity contribution in [3.63, 3.8) is 0 Å². The zero-order valence-corrected chi connectivity index (χ0v) is 13.6. The number of benzene rings is 1. The average Bonchev–Trinajstić information content (AvgIpc) is 2.94. The van der Waals surface area contributed by atoms with Gasteiger partial charge in [-0.3, -0.25) is 4.79 Å². The van der Waals surface area contributed by atoms with Gasteiger partial charge in [-0.05, 0) is 30.7 Å². The smallest absolute Gasteiger partial charge is 0.354 e. The number of halogens is 1. The maximum Gasteiger partial charge on any atom is 0.354 e. The molecule has 2 N–H and O–H groups in total. The lowest BCUT2D eigenvalue weighted by molar-refractivity contribution is 0.0690. The van der Waals surface area contributed by atoms with E-state index >= 15 is 0 Å². The van der Waals surface area contributed by atoms with Crippen LogP contribution in [0.15, 0.2) is 34.7 Å². The molecule has 0 saturated carbocycles. The summed E-state index contributed by atoms with van der Waals surface area (Å²) in [5, 5.41) is 11.6. The van der Waals surface area contributed by atoms with Crippen molar-refractivity contribution in [3.8, 4) is 0 Å². The fourth-order valence-corrected chi connectivity index (χ4v) is 2.65. The van der Waals surface area contributed by atoms with Crippen LogP contribution >= 0.6 is 0 Å². The molecule has 7 heteroatoms. The maximum atomic E-state index is 14.1. The second-order valence-electron chi connectivity index (χ2n) is 5.61. The number of aromatic nitrogens is 1. The van der Waals surface area contributed by atoms with Crippen LogP contribution in [0.5, 0.6) is 0 Å². The van der Waals surface area contributed by atoms with Crippen molar-refractivity contribution >= 4 is 23.0 Å². The SMILES string of the molecule is CNC(=O)c1ccc(Cc2cc(C(=O)O)nc3cc(C)oc23)cc1F. The van der Waals surface area contributed by atoms with Crippen LogP contribution in [0, 0.1) is 12.7 Å². The molecule has 3 aromatic rings. The van der Waals surface area contributed by atoms with Gasteiger partial charge in [0.05, 0.1) is 5.56 Å².